The third-order valence-electron chi connectivity index (χ3n) is 6.77. The first-order chi connectivity index (χ1) is 12.4. The third kappa shape index (κ3) is 2.58. The smallest absolute Gasteiger partial charge is 0.276 e. The zero-order valence-corrected chi connectivity index (χ0v) is 17.4. The molecule has 1 spiro atoms. The Morgan fingerprint density at radius 2 is 1.67 bits per heavy atom. The molecular formula is C20H28N2O4S. The summed E-state index contributed by atoms with van der Waals surface area (Å²) >= 11 is 0. The van der Waals surface area contributed by atoms with Crippen LogP contribution in [-0.4, -0.2) is 31.1 Å². The zero-order chi connectivity index (χ0) is 19.7. The number of nitrogens with one attached hydrogen (secondary N) is 1. The molecule has 2 heterocycles. The van der Waals surface area contributed by atoms with Gasteiger partial charge in [-0.1, -0.05) is 31.5 Å². The average Bonchev–Trinajstić information content (AvgIpc) is 3.04. The lowest BCUT2D eigenvalue weighted by molar-refractivity contribution is -0.157. The molecule has 1 aromatic carbocycles. The highest BCUT2D eigenvalue weighted by atomic mass is 32.2. The molecule has 3 atom stereocenters. The van der Waals surface area contributed by atoms with E-state index in [1.807, 2.05) is 20.8 Å². The Kier molecular flexibility index (Phi) is 3.89. The Morgan fingerprint density at radius 3 is 2.30 bits per heavy atom. The van der Waals surface area contributed by atoms with Gasteiger partial charge in [0, 0.05) is 6.42 Å². The molecule has 3 fully saturated rings. The number of fused-ring (bicyclic) bond motifs is 1. The van der Waals surface area contributed by atoms with Gasteiger partial charge in [0.05, 0.1) is 10.6 Å². The van der Waals surface area contributed by atoms with E-state index in [4.69, 9.17) is 9.47 Å². The molecule has 7 heteroatoms. The first kappa shape index (κ1) is 18.9. The highest BCUT2D eigenvalue weighted by Gasteiger charge is 2.75. The number of hydrazone groups is 1. The molecule has 27 heavy (non-hydrogen) atoms. The van der Waals surface area contributed by atoms with E-state index < -0.39 is 27.0 Å². The summed E-state index contributed by atoms with van der Waals surface area (Å²) in [7, 11) is -3.73. The van der Waals surface area contributed by atoms with Crippen LogP contribution in [0.5, 0.6) is 0 Å². The van der Waals surface area contributed by atoms with Crippen molar-refractivity contribution in [3.05, 3.63) is 29.8 Å². The molecular weight excluding hydrogens is 364 g/mol. The van der Waals surface area contributed by atoms with Gasteiger partial charge >= 0.3 is 0 Å². The van der Waals surface area contributed by atoms with Crippen molar-refractivity contribution in [1.82, 2.24) is 4.83 Å². The summed E-state index contributed by atoms with van der Waals surface area (Å²) in [5, 5.41) is 4.35. The molecule has 0 aromatic heterocycles. The minimum atomic E-state index is -3.73. The highest BCUT2D eigenvalue weighted by molar-refractivity contribution is 7.89. The Bertz CT molecular complexity index is 908. The predicted molar refractivity (Wildman–Crippen MR) is 103 cm³/mol. The third-order valence-corrected chi connectivity index (χ3v) is 8.00. The Hall–Kier alpha value is -1.44. The van der Waals surface area contributed by atoms with Crippen molar-refractivity contribution < 1.29 is 17.9 Å². The molecule has 4 rings (SSSR count). The molecule has 0 amide bonds. The van der Waals surface area contributed by atoms with Crippen LogP contribution < -0.4 is 4.83 Å². The largest absolute Gasteiger partial charge is 0.340 e. The first-order valence-electron chi connectivity index (χ1n) is 9.49. The monoisotopic (exact) mass is 392 g/mol. The van der Waals surface area contributed by atoms with Gasteiger partial charge in [0.25, 0.3) is 10.0 Å². The molecule has 0 unspecified atom stereocenters. The number of nitrogens with zero attached hydrogens (tertiary/aromatic N) is 1. The SMILES string of the molecule is Cc1ccc(S(=O)(=O)N/N=C2\CCC(C)(C)[C@]34CC[C@](C)(O[C@@]23C)O4)cc1. The Balaban J connectivity index is 1.68. The lowest BCUT2D eigenvalue weighted by atomic mass is 9.56. The fraction of sp³-hybridized carbons (Fsp3) is 0.650. The second kappa shape index (κ2) is 5.55. The van der Waals surface area contributed by atoms with Gasteiger partial charge in [-0.15, -0.1) is 0 Å². The second-order valence-electron chi connectivity index (χ2n) is 9.05. The van der Waals surface area contributed by atoms with E-state index in [9.17, 15) is 8.42 Å². The number of hydrogen-bond acceptors (Lipinski definition) is 5. The van der Waals surface area contributed by atoms with Crippen LogP contribution in [-0.2, 0) is 19.5 Å². The van der Waals surface area contributed by atoms with Gasteiger partial charge in [-0.2, -0.15) is 13.5 Å². The summed E-state index contributed by atoms with van der Waals surface area (Å²) in [6.07, 6.45) is 3.26. The van der Waals surface area contributed by atoms with E-state index in [0.29, 0.717) is 12.1 Å². The standard InChI is InChI=1S/C20H28N2O4S/c1-14-6-8-15(9-7-14)27(23,24)22-21-16-10-11-17(2,3)20-13-12-18(4,26-20)25-19(16,20)5/h6-9,22H,10-13H2,1-5H3/b21-16+/t18-,19+,20-/m1/s1. The molecule has 2 aliphatic heterocycles. The normalized spacial score (nSPS) is 38.8. The fourth-order valence-electron chi connectivity index (χ4n) is 5.13. The molecule has 0 radical (unpaired) electrons. The van der Waals surface area contributed by atoms with Crippen molar-refractivity contribution in [2.24, 2.45) is 10.5 Å². The van der Waals surface area contributed by atoms with Gasteiger partial charge in [-0.3, -0.25) is 0 Å². The van der Waals surface area contributed by atoms with Gasteiger partial charge in [-0.05, 0) is 57.6 Å². The number of benzene rings is 1. The van der Waals surface area contributed by atoms with Crippen molar-refractivity contribution in [3.63, 3.8) is 0 Å². The van der Waals surface area contributed by atoms with Gasteiger partial charge < -0.3 is 9.47 Å². The van der Waals surface area contributed by atoms with Crippen molar-refractivity contribution >= 4 is 15.7 Å². The van der Waals surface area contributed by atoms with Gasteiger partial charge in [0.15, 0.2) is 5.79 Å². The lowest BCUT2D eigenvalue weighted by Gasteiger charge is -2.54. The minimum Gasteiger partial charge on any atom is -0.340 e. The van der Waals surface area contributed by atoms with E-state index in [1.165, 1.54) is 0 Å². The second-order valence-corrected chi connectivity index (χ2v) is 10.7. The maximum atomic E-state index is 12.6. The molecule has 3 aliphatic rings. The molecule has 1 saturated carbocycles. The molecule has 2 saturated heterocycles. The first-order valence-corrected chi connectivity index (χ1v) is 11.0. The van der Waals surface area contributed by atoms with E-state index in [-0.39, 0.29) is 10.3 Å². The van der Waals surface area contributed by atoms with Crippen molar-refractivity contribution in [1.29, 1.82) is 0 Å². The van der Waals surface area contributed by atoms with Crippen molar-refractivity contribution in [2.45, 2.75) is 82.2 Å². The van der Waals surface area contributed by atoms with Crippen LogP contribution in [0.4, 0.5) is 0 Å². The maximum absolute atomic E-state index is 12.6. The Morgan fingerprint density at radius 1 is 1.00 bits per heavy atom. The van der Waals surface area contributed by atoms with E-state index in [0.717, 1.165) is 24.8 Å². The summed E-state index contributed by atoms with van der Waals surface area (Å²) in [6.45, 7) is 10.3. The van der Waals surface area contributed by atoms with E-state index in [1.54, 1.807) is 24.3 Å². The van der Waals surface area contributed by atoms with E-state index >= 15 is 0 Å². The summed E-state index contributed by atoms with van der Waals surface area (Å²) in [6, 6.07) is 6.72. The summed E-state index contributed by atoms with van der Waals surface area (Å²) in [5.74, 6) is -0.632. The summed E-state index contributed by atoms with van der Waals surface area (Å²) < 4.78 is 38.1. The molecule has 6 nitrogen and oxygen atoms in total. The molecule has 1 aromatic rings. The van der Waals surface area contributed by atoms with Crippen LogP contribution in [0.25, 0.3) is 0 Å². The van der Waals surface area contributed by atoms with Crippen molar-refractivity contribution in [2.75, 3.05) is 0 Å². The van der Waals surface area contributed by atoms with Gasteiger partial charge in [0.2, 0.25) is 0 Å². The minimum absolute atomic E-state index is 0.0785. The quantitative estimate of drug-likeness (QED) is 0.799. The topological polar surface area (TPSA) is 77.0 Å². The van der Waals surface area contributed by atoms with Crippen LogP contribution in [0, 0.1) is 12.3 Å². The van der Waals surface area contributed by atoms with Gasteiger partial charge in [-0.25, -0.2) is 4.83 Å². The average molecular weight is 393 g/mol. The number of sulfonamides is 1. The predicted octanol–water partition coefficient (Wildman–Crippen LogP) is 3.50. The fourth-order valence-corrected chi connectivity index (χ4v) is 5.96. The van der Waals surface area contributed by atoms with Crippen LogP contribution in [0.2, 0.25) is 0 Å². The lowest BCUT2D eigenvalue weighted by Crippen LogP contribution is -2.66. The highest BCUT2D eigenvalue weighted by Crippen LogP contribution is 2.65. The van der Waals surface area contributed by atoms with Crippen LogP contribution >= 0.6 is 0 Å². The molecule has 1 aliphatic carbocycles. The van der Waals surface area contributed by atoms with Gasteiger partial charge in [0.1, 0.15) is 11.2 Å². The molecule has 2 bridgehead atoms. The van der Waals surface area contributed by atoms with Crippen LogP contribution in [0.1, 0.15) is 58.9 Å². The van der Waals surface area contributed by atoms with Crippen LogP contribution in [0.3, 0.4) is 0 Å². The number of ether oxygens (including phenoxy) is 2. The Labute approximate surface area is 161 Å². The summed E-state index contributed by atoms with van der Waals surface area (Å²) in [5.41, 5.74) is 0.412. The number of aryl methyl sites for hydroxylation is 1. The summed E-state index contributed by atoms with van der Waals surface area (Å²) in [4.78, 5) is 2.62. The molecule has 148 valence electrons. The number of hydrogen-bond donors (Lipinski definition) is 1. The zero-order valence-electron chi connectivity index (χ0n) is 16.6. The van der Waals surface area contributed by atoms with Crippen molar-refractivity contribution in [3.8, 4) is 0 Å². The number of rotatable bonds is 3. The maximum Gasteiger partial charge on any atom is 0.276 e. The van der Waals surface area contributed by atoms with E-state index in [2.05, 4.69) is 23.8 Å². The van der Waals surface area contributed by atoms with Crippen LogP contribution in [0.15, 0.2) is 34.3 Å². The molecule has 1 N–H and O–H groups in total.